The monoisotopic (exact) mass is 487 g/mol. The van der Waals surface area contributed by atoms with E-state index in [4.69, 9.17) is 9.47 Å². The van der Waals surface area contributed by atoms with E-state index in [0.717, 1.165) is 17.7 Å². The van der Waals surface area contributed by atoms with Crippen LogP contribution in [-0.4, -0.2) is 49.0 Å². The lowest BCUT2D eigenvalue weighted by Gasteiger charge is -2.31. The maximum Gasteiger partial charge on any atom is 0.256 e. The molecule has 0 spiro atoms. The summed E-state index contributed by atoms with van der Waals surface area (Å²) in [5.74, 6) is -1.40. The molecule has 2 aromatic carbocycles. The summed E-state index contributed by atoms with van der Waals surface area (Å²) in [6.45, 7) is 0.616. The maximum atomic E-state index is 13.9. The lowest BCUT2D eigenvalue weighted by molar-refractivity contribution is -0.121. The van der Waals surface area contributed by atoms with Gasteiger partial charge in [-0.05, 0) is 43.2 Å². The summed E-state index contributed by atoms with van der Waals surface area (Å²) in [5.41, 5.74) is 1.35. The standard InChI is InChI=1S/C24H23F2N3O4S/c1-32-20-6-3-15(11-21(20)33-2)19-13-34-24(27-19)28-22(30)14-7-9-29(10-8-14)23(31)17-5-4-16(25)12-18(17)26/h3-6,11-14H,7-10H2,1-2H3,(H,27,28,30). The fourth-order valence-corrected chi connectivity index (χ4v) is 4.57. The van der Waals surface area contributed by atoms with Crippen molar-refractivity contribution in [2.45, 2.75) is 12.8 Å². The van der Waals surface area contributed by atoms with E-state index in [1.807, 2.05) is 17.5 Å². The van der Waals surface area contributed by atoms with Crippen molar-refractivity contribution >= 4 is 28.3 Å². The first-order chi connectivity index (χ1) is 16.4. The van der Waals surface area contributed by atoms with Gasteiger partial charge in [-0.25, -0.2) is 13.8 Å². The molecule has 10 heteroatoms. The van der Waals surface area contributed by atoms with Crippen LogP contribution in [0.3, 0.4) is 0 Å². The van der Waals surface area contributed by atoms with Crippen LogP contribution in [0.2, 0.25) is 0 Å². The van der Waals surface area contributed by atoms with E-state index in [0.29, 0.717) is 54.3 Å². The Morgan fingerprint density at radius 3 is 2.47 bits per heavy atom. The van der Waals surface area contributed by atoms with E-state index in [-0.39, 0.29) is 17.4 Å². The first-order valence-corrected chi connectivity index (χ1v) is 11.5. The number of amides is 2. The SMILES string of the molecule is COc1ccc(-c2csc(NC(=O)C3CCN(C(=O)c4ccc(F)cc4F)CC3)n2)cc1OC. The average molecular weight is 488 g/mol. The van der Waals surface area contributed by atoms with Crippen molar-refractivity contribution in [1.82, 2.24) is 9.88 Å². The van der Waals surface area contributed by atoms with Gasteiger partial charge in [0.2, 0.25) is 5.91 Å². The van der Waals surface area contributed by atoms with Crippen molar-refractivity contribution in [3.05, 3.63) is 59.0 Å². The number of ether oxygens (including phenoxy) is 2. The van der Waals surface area contributed by atoms with Gasteiger partial charge < -0.3 is 19.7 Å². The number of nitrogens with zero attached hydrogens (tertiary/aromatic N) is 2. The van der Waals surface area contributed by atoms with Crippen molar-refractivity contribution in [2.75, 3.05) is 32.6 Å². The molecule has 7 nitrogen and oxygen atoms in total. The molecule has 0 bridgehead atoms. The van der Waals surface area contributed by atoms with Crippen molar-refractivity contribution in [3.63, 3.8) is 0 Å². The highest BCUT2D eigenvalue weighted by Gasteiger charge is 2.29. The fraction of sp³-hybridized carbons (Fsp3) is 0.292. The van der Waals surface area contributed by atoms with Crippen molar-refractivity contribution < 1.29 is 27.8 Å². The number of aromatic nitrogens is 1. The van der Waals surface area contributed by atoms with Crippen molar-refractivity contribution in [1.29, 1.82) is 0 Å². The predicted molar refractivity (Wildman–Crippen MR) is 124 cm³/mol. The summed E-state index contributed by atoms with van der Waals surface area (Å²) in [7, 11) is 3.12. The number of carbonyl (C=O) groups excluding carboxylic acids is 2. The highest BCUT2D eigenvalue weighted by molar-refractivity contribution is 7.14. The van der Waals surface area contributed by atoms with Crippen LogP contribution in [0.1, 0.15) is 23.2 Å². The van der Waals surface area contributed by atoms with Crippen molar-refractivity contribution in [3.8, 4) is 22.8 Å². The summed E-state index contributed by atoms with van der Waals surface area (Å²) in [4.78, 5) is 31.3. The normalized spacial score (nSPS) is 14.1. The van der Waals surface area contributed by atoms with E-state index < -0.39 is 17.5 Å². The molecule has 1 saturated heterocycles. The van der Waals surface area contributed by atoms with Crippen LogP contribution in [-0.2, 0) is 4.79 Å². The van der Waals surface area contributed by atoms with Gasteiger partial charge in [0.15, 0.2) is 16.6 Å². The van der Waals surface area contributed by atoms with Gasteiger partial charge >= 0.3 is 0 Å². The number of halogens is 2. The van der Waals surface area contributed by atoms with Crippen LogP contribution < -0.4 is 14.8 Å². The average Bonchev–Trinajstić information content (AvgIpc) is 3.31. The predicted octanol–water partition coefficient (Wildman–Crippen LogP) is 4.60. The highest BCUT2D eigenvalue weighted by atomic mass is 32.1. The molecule has 0 radical (unpaired) electrons. The van der Waals surface area contributed by atoms with Gasteiger partial charge in [0.05, 0.1) is 25.5 Å². The van der Waals surface area contributed by atoms with Gasteiger partial charge in [0.1, 0.15) is 11.6 Å². The van der Waals surface area contributed by atoms with E-state index in [1.54, 1.807) is 20.3 Å². The van der Waals surface area contributed by atoms with Gasteiger partial charge in [-0.2, -0.15) is 0 Å². The van der Waals surface area contributed by atoms with Crippen LogP contribution in [0, 0.1) is 17.6 Å². The summed E-state index contributed by atoms with van der Waals surface area (Å²) in [6, 6.07) is 8.36. The van der Waals surface area contributed by atoms with Gasteiger partial charge in [0.25, 0.3) is 5.91 Å². The van der Waals surface area contributed by atoms with Gasteiger partial charge in [-0.3, -0.25) is 9.59 Å². The number of thiazole rings is 1. The fourth-order valence-electron chi connectivity index (χ4n) is 3.84. The summed E-state index contributed by atoms with van der Waals surface area (Å²) in [6.07, 6.45) is 0.878. The molecule has 0 unspecified atom stereocenters. The molecule has 2 heterocycles. The molecule has 34 heavy (non-hydrogen) atoms. The van der Waals surface area contributed by atoms with Gasteiger partial charge in [-0.15, -0.1) is 11.3 Å². The maximum absolute atomic E-state index is 13.9. The molecule has 1 N–H and O–H groups in total. The number of methoxy groups -OCH3 is 2. The zero-order valence-electron chi connectivity index (χ0n) is 18.6. The molecule has 1 aliphatic rings. The highest BCUT2D eigenvalue weighted by Crippen LogP contribution is 2.33. The summed E-state index contributed by atoms with van der Waals surface area (Å²) in [5, 5.41) is 5.17. The third-order valence-corrected chi connectivity index (χ3v) is 6.49. The molecular formula is C24H23F2N3O4S. The van der Waals surface area contributed by atoms with Gasteiger partial charge in [0, 0.05) is 36.0 Å². The number of carbonyl (C=O) groups is 2. The third kappa shape index (κ3) is 5.01. The smallest absolute Gasteiger partial charge is 0.256 e. The van der Waals surface area contributed by atoms with Crippen LogP contribution in [0.4, 0.5) is 13.9 Å². The second kappa shape index (κ2) is 10.2. The zero-order chi connectivity index (χ0) is 24.2. The van der Waals surface area contributed by atoms with E-state index >= 15 is 0 Å². The Hall–Kier alpha value is -3.53. The summed E-state index contributed by atoms with van der Waals surface area (Å²) < 4.78 is 37.6. The number of piperidine rings is 1. The first-order valence-electron chi connectivity index (χ1n) is 10.6. The topological polar surface area (TPSA) is 80.8 Å². The Bertz CT molecular complexity index is 1210. The Labute approximate surface area is 199 Å². The van der Waals surface area contributed by atoms with Gasteiger partial charge in [-0.1, -0.05) is 0 Å². The number of nitrogens with one attached hydrogen (secondary N) is 1. The molecule has 2 amide bonds. The van der Waals surface area contributed by atoms with E-state index in [2.05, 4.69) is 10.3 Å². The Morgan fingerprint density at radius 1 is 1.06 bits per heavy atom. The molecule has 3 aromatic rings. The molecule has 0 saturated carbocycles. The molecule has 0 atom stereocenters. The minimum Gasteiger partial charge on any atom is -0.493 e. The van der Waals surface area contributed by atoms with E-state index in [1.165, 1.54) is 16.2 Å². The van der Waals surface area contributed by atoms with Crippen LogP contribution in [0.5, 0.6) is 11.5 Å². The number of benzene rings is 2. The zero-order valence-corrected chi connectivity index (χ0v) is 19.5. The number of likely N-dealkylation sites (tertiary alicyclic amines) is 1. The molecule has 4 rings (SSSR count). The van der Waals surface area contributed by atoms with Crippen LogP contribution in [0.15, 0.2) is 41.8 Å². The van der Waals surface area contributed by atoms with Crippen molar-refractivity contribution in [2.24, 2.45) is 5.92 Å². The molecule has 1 fully saturated rings. The molecule has 0 aliphatic carbocycles. The second-order valence-electron chi connectivity index (χ2n) is 7.79. The minimum atomic E-state index is -0.890. The Balaban J connectivity index is 1.35. The number of hydrogen-bond acceptors (Lipinski definition) is 6. The quantitative estimate of drug-likeness (QED) is 0.550. The van der Waals surface area contributed by atoms with E-state index in [9.17, 15) is 18.4 Å². The Kier molecular flexibility index (Phi) is 7.06. The number of rotatable bonds is 6. The molecule has 1 aliphatic heterocycles. The number of hydrogen-bond donors (Lipinski definition) is 1. The second-order valence-corrected chi connectivity index (χ2v) is 8.65. The minimum absolute atomic E-state index is 0.172. The molecule has 178 valence electrons. The largest absolute Gasteiger partial charge is 0.493 e. The molecular weight excluding hydrogens is 464 g/mol. The molecule has 1 aromatic heterocycles. The summed E-state index contributed by atoms with van der Waals surface area (Å²) >= 11 is 1.31. The van der Waals surface area contributed by atoms with Crippen LogP contribution in [0.25, 0.3) is 11.3 Å². The lowest BCUT2D eigenvalue weighted by atomic mass is 9.95. The lowest BCUT2D eigenvalue weighted by Crippen LogP contribution is -2.41. The first kappa shape index (κ1) is 23.6. The third-order valence-electron chi connectivity index (χ3n) is 5.73. The Morgan fingerprint density at radius 2 is 1.79 bits per heavy atom. The van der Waals surface area contributed by atoms with Crippen LogP contribution >= 0.6 is 11.3 Å². The number of anilines is 1.